The summed E-state index contributed by atoms with van der Waals surface area (Å²) in [7, 11) is 1.44. The van der Waals surface area contributed by atoms with Gasteiger partial charge in [-0.05, 0) is 66.1 Å². The molecule has 2 fully saturated rings. The monoisotopic (exact) mass is 769 g/mol. The minimum Gasteiger partial charge on any atom is -0.508 e. The molecule has 0 bridgehead atoms. The Labute approximate surface area is 324 Å². The van der Waals surface area contributed by atoms with Crippen molar-refractivity contribution in [1.29, 1.82) is 0 Å². The molecule has 0 unspecified atom stereocenters. The van der Waals surface area contributed by atoms with Crippen LogP contribution < -0.4 is 38.9 Å². The van der Waals surface area contributed by atoms with E-state index in [2.05, 4.69) is 25.9 Å². The van der Waals surface area contributed by atoms with Crippen molar-refractivity contribution in [3.63, 3.8) is 0 Å². The van der Waals surface area contributed by atoms with Crippen molar-refractivity contribution in [3.8, 4) is 5.75 Å². The number of hydrogen-bond acceptors (Lipinski definition) is 8. The number of carbonyl (C=O) groups is 5. The molecule has 5 atom stereocenters. The quantitative estimate of drug-likeness (QED) is 0.0692. The van der Waals surface area contributed by atoms with Crippen LogP contribution in [-0.2, 0) is 36.8 Å². The SMILES string of the molecule is CN1C(=O)[C@H](CCN=C(N)N)NC(=O)[C@@H](Cc2ccc(O)cc2)NC(=O)[C@@H]2CCCN2C(=O)[C@H](Cc2ccc3ccccc3c2)NC(=O)[C@@H]1CCCN=C(N)N. The first-order valence-corrected chi connectivity index (χ1v) is 18.7. The number of aliphatic imine (C=N–C) groups is 2. The van der Waals surface area contributed by atoms with E-state index in [0.717, 1.165) is 16.3 Å². The van der Waals surface area contributed by atoms with Crippen molar-refractivity contribution in [3.05, 3.63) is 77.9 Å². The third-order valence-electron chi connectivity index (χ3n) is 10.1. The maximum absolute atomic E-state index is 14.6. The van der Waals surface area contributed by atoms with Gasteiger partial charge in [0.2, 0.25) is 29.5 Å². The van der Waals surface area contributed by atoms with Gasteiger partial charge in [0.25, 0.3) is 0 Å². The first kappa shape index (κ1) is 40.8. The van der Waals surface area contributed by atoms with Gasteiger partial charge in [0, 0.05) is 39.5 Å². The fourth-order valence-electron chi connectivity index (χ4n) is 7.16. The van der Waals surface area contributed by atoms with Gasteiger partial charge in [-0.25, -0.2) is 0 Å². The second kappa shape index (κ2) is 18.8. The fraction of sp³-hybridized carbons (Fsp3) is 0.410. The lowest BCUT2D eigenvalue weighted by molar-refractivity contribution is -0.144. The summed E-state index contributed by atoms with van der Waals surface area (Å²) in [6, 6.07) is 14.1. The number of rotatable bonds is 11. The molecule has 5 rings (SSSR count). The van der Waals surface area contributed by atoms with E-state index >= 15 is 0 Å². The maximum atomic E-state index is 14.6. The largest absolute Gasteiger partial charge is 0.508 e. The van der Waals surface area contributed by atoms with Gasteiger partial charge in [0.15, 0.2) is 11.9 Å². The molecule has 2 heterocycles. The number of nitrogens with two attached hydrogens (primary N) is 4. The number of nitrogens with one attached hydrogen (secondary N) is 3. The summed E-state index contributed by atoms with van der Waals surface area (Å²) in [5.41, 5.74) is 23.6. The number of phenols is 1. The lowest BCUT2D eigenvalue weighted by atomic mass is 9.99. The Hall–Kier alpha value is -6.39. The molecule has 12 N–H and O–H groups in total. The van der Waals surface area contributed by atoms with Crippen LogP contribution in [0.15, 0.2) is 76.7 Å². The van der Waals surface area contributed by atoms with Crippen LogP contribution in [0.2, 0.25) is 0 Å². The highest BCUT2D eigenvalue weighted by atomic mass is 16.3. The highest BCUT2D eigenvalue weighted by Gasteiger charge is 2.41. The number of fused-ring (bicyclic) bond motifs is 2. The number of likely N-dealkylation sites (N-methyl/N-ethyl adjacent to an activating group) is 1. The molecule has 17 heteroatoms. The second-order valence-electron chi connectivity index (χ2n) is 14.1. The molecule has 0 aromatic heterocycles. The molecular weight excluding hydrogens is 718 g/mol. The number of phenolic OH excluding ortho intramolecular Hbond substituents is 1. The molecule has 56 heavy (non-hydrogen) atoms. The van der Waals surface area contributed by atoms with Crippen LogP contribution in [-0.4, -0.2) is 113 Å². The Morgan fingerprint density at radius 3 is 2.05 bits per heavy atom. The van der Waals surface area contributed by atoms with Gasteiger partial charge < -0.3 is 53.8 Å². The molecule has 0 radical (unpaired) electrons. The molecule has 2 aliphatic rings. The summed E-state index contributed by atoms with van der Waals surface area (Å²) in [6.07, 6.45) is 1.30. The predicted molar refractivity (Wildman–Crippen MR) is 212 cm³/mol. The zero-order valence-electron chi connectivity index (χ0n) is 31.4. The number of guanidine groups is 2. The molecule has 2 aliphatic heterocycles. The van der Waals surface area contributed by atoms with Crippen molar-refractivity contribution in [2.45, 2.75) is 75.2 Å². The number of hydrogen-bond donors (Lipinski definition) is 8. The molecule has 3 aromatic carbocycles. The van der Waals surface area contributed by atoms with E-state index in [9.17, 15) is 29.1 Å². The average molecular weight is 770 g/mol. The Morgan fingerprint density at radius 2 is 1.34 bits per heavy atom. The first-order chi connectivity index (χ1) is 26.8. The van der Waals surface area contributed by atoms with Gasteiger partial charge in [-0.1, -0.05) is 54.6 Å². The lowest BCUT2D eigenvalue weighted by Crippen LogP contribution is -2.58. The molecule has 298 valence electrons. The van der Waals surface area contributed by atoms with Crippen LogP contribution in [0, 0.1) is 0 Å². The van der Waals surface area contributed by atoms with Crippen molar-refractivity contribution < 1.29 is 29.1 Å². The molecule has 3 aromatic rings. The number of nitrogens with zero attached hydrogens (tertiary/aromatic N) is 4. The predicted octanol–water partition coefficient (Wildman–Crippen LogP) is -0.666. The van der Waals surface area contributed by atoms with E-state index in [1.807, 2.05) is 42.5 Å². The third-order valence-corrected chi connectivity index (χ3v) is 10.1. The zero-order valence-corrected chi connectivity index (χ0v) is 31.4. The first-order valence-electron chi connectivity index (χ1n) is 18.7. The Kier molecular flexibility index (Phi) is 13.7. The number of carbonyl (C=O) groups excluding carboxylic acids is 5. The van der Waals surface area contributed by atoms with Crippen LogP contribution >= 0.6 is 0 Å². The lowest BCUT2D eigenvalue weighted by Gasteiger charge is -2.33. The van der Waals surface area contributed by atoms with Crippen molar-refractivity contribution in [1.82, 2.24) is 25.8 Å². The summed E-state index contributed by atoms with van der Waals surface area (Å²) in [6.45, 7) is 0.381. The van der Waals surface area contributed by atoms with E-state index in [0.29, 0.717) is 24.8 Å². The third kappa shape index (κ3) is 10.6. The van der Waals surface area contributed by atoms with E-state index in [1.54, 1.807) is 12.1 Å². The summed E-state index contributed by atoms with van der Waals surface area (Å²) in [5.74, 6) is -3.28. The topological polar surface area (TPSA) is 277 Å². The van der Waals surface area contributed by atoms with Gasteiger partial charge in [-0.2, -0.15) is 0 Å². The van der Waals surface area contributed by atoms with E-state index in [-0.39, 0.29) is 63.0 Å². The summed E-state index contributed by atoms with van der Waals surface area (Å²) in [5, 5.41) is 20.4. The zero-order chi connectivity index (χ0) is 40.4. The summed E-state index contributed by atoms with van der Waals surface area (Å²) in [4.78, 5) is 82.2. The Balaban J connectivity index is 1.56. The summed E-state index contributed by atoms with van der Waals surface area (Å²) < 4.78 is 0. The number of aromatic hydroxyl groups is 1. The normalized spacial score (nSPS) is 22.3. The highest BCUT2D eigenvalue weighted by molar-refractivity contribution is 5.98. The van der Waals surface area contributed by atoms with Crippen LogP contribution in [0.3, 0.4) is 0 Å². The highest BCUT2D eigenvalue weighted by Crippen LogP contribution is 2.23. The average Bonchev–Trinajstić information content (AvgIpc) is 3.67. The van der Waals surface area contributed by atoms with Crippen molar-refractivity contribution >= 4 is 52.2 Å². The van der Waals surface area contributed by atoms with E-state index < -0.39 is 59.7 Å². The van der Waals surface area contributed by atoms with Gasteiger partial charge in [0.1, 0.15) is 36.0 Å². The van der Waals surface area contributed by atoms with Gasteiger partial charge >= 0.3 is 0 Å². The summed E-state index contributed by atoms with van der Waals surface area (Å²) >= 11 is 0. The minimum atomic E-state index is -1.23. The van der Waals surface area contributed by atoms with Crippen molar-refractivity contribution in [2.75, 3.05) is 26.7 Å². The Morgan fingerprint density at radius 1 is 0.714 bits per heavy atom. The van der Waals surface area contributed by atoms with Crippen molar-refractivity contribution in [2.24, 2.45) is 32.9 Å². The second-order valence-corrected chi connectivity index (χ2v) is 14.1. The van der Waals surface area contributed by atoms with Gasteiger partial charge in [0.05, 0.1) is 0 Å². The molecular formula is C39H51N11O6. The van der Waals surface area contributed by atoms with Crippen LogP contribution in [0.1, 0.15) is 43.2 Å². The van der Waals surface area contributed by atoms with Gasteiger partial charge in [-0.3, -0.25) is 34.0 Å². The van der Waals surface area contributed by atoms with E-state index in [1.165, 1.54) is 29.0 Å². The number of benzene rings is 3. The standard InChI is InChI=1S/C39H51N11O6/c1-49-31(8-4-17-44-38(40)41)34(53)48-30(22-24-10-13-25-6-2-3-7-26(25)20-24)37(56)50-19-5-9-32(50)35(54)47-29(21-23-11-14-27(51)15-12-23)33(52)46-28(36(49)55)16-18-45-39(42)43/h2-3,6-7,10-15,20,28-32,51H,4-5,8-9,16-19,21-22H2,1H3,(H,46,52)(H,47,54)(H,48,53)(H4,40,41,44)(H4,42,43,45)/t28-,29+,30-,31-,32-/m0/s1. The van der Waals surface area contributed by atoms with Crippen LogP contribution in [0.25, 0.3) is 10.8 Å². The molecule has 0 spiro atoms. The molecule has 17 nitrogen and oxygen atoms in total. The molecule has 5 amide bonds. The van der Waals surface area contributed by atoms with Gasteiger partial charge in [-0.15, -0.1) is 0 Å². The molecule has 2 saturated heterocycles. The number of amides is 5. The minimum absolute atomic E-state index is 0.00121. The molecule has 0 aliphatic carbocycles. The van der Waals surface area contributed by atoms with E-state index in [4.69, 9.17) is 22.9 Å². The Bertz CT molecular complexity index is 1960. The van der Waals surface area contributed by atoms with Crippen LogP contribution in [0.5, 0.6) is 5.75 Å². The smallest absolute Gasteiger partial charge is 0.246 e. The maximum Gasteiger partial charge on any atom is 0.246 e. The molecule has 0 saturated carbocycles. The fourth-order valence-corrected chi connectivity index (χ4v) is 7.16. The van der Waals surface area contributed by atoms with Crippen LogP contribution in [0.4, 0.5) is 0 Å².